The fraction of sp³-hybridized carbons (Fsp3) is 0.364. The van der Waals surface area contributed by atoms with E-state index in [1.54, 1.807) is 6.92 Å². The molecule has 2 rings (SSSR count). The first-order valence-electron chi connectivity index (χ1n) is 4.60. The maximum atomic E-state index is 10.8. The molecule has 0 fully saturated rings. The molecule has 1 aliphatic rings. The van der Waals surface area contributed by atoms with Crippen LogP contribution in [-0.4, -0.2) is 11.1 Å². The summed E-state index contributed by atoms with van der Waals surface area (Å²) in [5.41, 5.74) is 3.14. The van der Waals surface area contributed by atoms with Gasteiger partial charge in [0, 0.05) is 0 Å². The molecule has 1 heterocycles. The highest BCUT2D eigenvalue weighted by atomic mass is 16.5. The number of carboxylic acid groups (broad SMARTS) is 1. The molecule has 74 valence electrons. The Hall–Kier alpha value is -1.35. The van der Waals surface area contributed by atoms with Crippen molar-refractivity contribution in [1.29, 1.82) is 0 Å². The summed E-state index contributed by atoms with van der Waals surface area (Å²) in [5.74, 6) is -1.23. The number of ether oxygens (including phenoxy) is 1. The minimum absolute atomic E-state index is 0.444. The van der Waals surface area contributed by atoms with Gasteiger partial charge in [-0.1, -0.05) is 18.2 Å². The van der Waals surface area contributed by atoms with Crippen LogP contribution in [0.2, 0.25) is 0 Å². The SMILES string of the molecule is CC(C(=O)O)c1ccc2c(c1)COC2. The van der Waals surface area contributed by atoms with Gasteiger partial charge in [-0.2, -0.15) is 0 Å². The molecule has 1 aromatic carbocycles. The van der Waals surface area contributed by atoms with E-state index in [9.17, 15) is 4.79 Å². The Balaban J connectivity index is 2.33. The zero-order chi connectivity index (χ0) is 10.1. The van der Waals surface area contributed by atoms with Crippen LogP contribution in [0.25, 0.3) is 0 Å². The zero-order valence-corrected chi connectivity index (χ0v) is 7.99. The summed E-state index contributed by atoms with van der Waals surface area (Å²) in [5, 5.41) is 8.85. The van der Waals surface area contributed by atoms with Gasteiger partial charge in [0.2, 0.25) is 0 Å². The average molecular weight is 192 g/mol. The maximum Gasteiger partial charge on any atom is 0.310 e. The van der Waals surface area contributed by atoms with E-state index in [1.807, 2.05) is 18.2 Å². The van der Waals surface area contributed by atoms with E-state index < -0.39 is 11.9 Å². The molecule has 0 bridgehead atoms. The summed E-state index contributed by atoms with van der Waals surface area (Å²) in [7, 11) is 0. The molecule has 1 aliphatic heterocycles. The van der Waals surface area contributed by atoms with Crippen molar-refractivity contribution >= 4 is 5.97 Å². The number of benzene rings is 1. The minimum atomic E-state index is -0.788. The second-order valence-corrected chi connectivity index (χ2v) is 3.58. The van der Waals surface area contributed by atoms with Gasteiger partial charge < -0.3 is 9.84 Å². The molecular formula is C11H12O3. The van der Waals surface area contributed by atoms with Crippen molar-refractivity contribution in [3.05, 3.63) is 34.9 Å². The first kappa shape index (κ1) is 9.21. The van der Waals surface area contributed by atoms with Gasteiger partial charge in [0.05, 0.1) is 19.1 Å². The third-order valence-corrected chi connectivity index (χ3v) is 2.62. The molecule has 1 aromatic rings. The van der Waals surface area contributed by atoms with E-state index in [0.29, 0.717) is 13.2 Å². The van der Waals surface area contributed by atoms with Crippen LogP contribution in [0.15, 0.2) is 18.2 Å². The average Bonchev–Trinajstić information content (AvgIpc) is 2.62. The lowest BCUT2D eigenvalue weighted by Crippen LogP contribution is -2.07. The molecule has 0 saturated heterocycles. The number of rotatable bonds is 2. The summed E-state index contributed by atoms with van der Waals surface area (Å²) in [4.78, 5) is 10.8. The van der Waals surface area contributed by atoms with Crippen LogP contribution in [0.3, 0.4) is 0 Å². The summed E-state index contributed by atoms with van der Waals surface area (Å²) in [6.45, 7) is 2.95. The van der Waals surface area contributed by atoms with Gasteiger partial charge in [0.15, 0.2) is 0 Å². The standard InChI is InChI=1S/C11H12O3/c1-7(11(12)13)8-2-3-9-5-14-6-10(9)4-8/h2-4,7H,5-6H2,1H3,(H,12,13). The van der Waals surface area contributed by atoms with Crippen molar-refractivity contribution in [1.82, 2.24) is 0 Å². The lowest BCUT2D eigenvalue weighted by Gasteiger charge is -2.07. The summed E-state index contributed by atoms with van der Waals surface area (Å²) in [6, 6.07) is 5.75. The van der Waals surface area contributed by atoms with E-state index in [0.717, 1.165) is 11.1 Å². The lowest BCUT2D eigenvalue weighted by molar-refractivity contribution is -0.138. The van der Waals surface area contributed by atoms with Gasteiger partial charge in [0.25, 0.3) is 0 Å². The van der Waals surface area contributed by atoms with Gasteiger partial charge in [-0.15, -0.1) is 0 Å². The van der Waals surface area contributed by atoms with Crippen molar-refractivity contribution in [2.24, 2.45) is 0 Å². The lowest BCUT2D eigenvalue weighted by atomic mass is 9.97. The highest BCUT2D eigenvalue weighted by molar-refractivity contribution is 5.75. The van der Waals surface area contributed by atoms with E-state index in [4.69, 9.17) is 9.84 Å². The molecule has 3 heteroatoms. The molecule has 0 saturated carbocycles. The van der Waals surface area contributed by atoms with Gasteiger partial charge >= 0.3 is 5.97 Å². The van der Waals surface area contributed by atoms with E-state index in [2.05, 4.69) is 0 Å². The minimum Gasteiger partial charge on any atom is -0.481 e. The van der Waals surface area contributed by atoms with Crippen molar-refractivity contribution in [2.45, 2.75) is 26.1 Å². The van der Waals surface area contributed by atoms with Crippen LogP contribution < -0.4 is 0 Å². The number of carboxylic acids is 1. The summed E-state index contributed by atoms with van der Waals surface area (Å²) < 4.78 is 5.26. The third kappa shape index (κ3) is 1.51. The highest BCUT2D eigenvalue weighted by Crippen LogP contribution is 2.24. The third-order valence-electron chi connectivity index (χ3n) is 2.62. The van der Waals surface area contributed by atoms with E-state index in [-0.39, 0.29) is 0 Å². The van der Waals surface area contributed by atoms with Crippen molar-refractivity contribution in [2.75, 3.05) is 0 Å². The predicted octanol–water partition coefficient (Wildman–Crippen LogP) is 1.90. The van der Waals surface area contributed by atoms with Crippen LogP contribution in [0, 0.1) is 0 Å². The molecule has 0 amide bonds. The normalized spacial score (nSPS) is 16.4. The topological polar surface area (TPSA) is 46.5 Å². The number of carbonyl (C=O) groups is 1. The Kier molecular flexibility index (Phi) is 2.25. The van der Waals surface area contributed by atoms with Crippen molar-refractivity contribution < 1.29 is 14.6 Å². The molecule has 3 nitrogen and oxygen atoms in total. The Bertz CT molecular complexity index is 371. The Morgan fingerprint density at radius 1 is 1.43 bits per heavy atom. The second kappa shape index (κ2) is 3.42. The fourth-order valence-corrected chi connectivity index (χ4v) is 1.60. The van der Waals surface area contributed by atoms with Gasteiger partial charge in [-0.25, -0.2) is 0 Å². The van der Waals surface area contributed by atoms with E-state index in [1.165, 1.54) is 5.56 Å². The zero-order valence-electron chi connectivity index (χ0n) is 7.99. The number of hydrogen-bond acceptors (Lipinski definition) is 2. The molecular weight excluding hydrogens is 180 g/mol. The molecule has 1 unspecified atom stereocenters. The predicted molar refractivity (Wildman–Crippen MR) is 51.0 cm³/mol. The van der Waals surface area contributed by atoms with Crippen LogP contribution in [-0.2, 0) is 22.7 Å². The quantitative estimate of drug-likeness (QED) is 0.778. The van der Waals surface area contributed by atoms with Crippen molar-refractivity contribution in [3.63, 3.8) is 0 Å². The maximum absolute atomic E-state index is 10.8. The fourth-order valence-electron chi connectivity index (χ4n) is 1.60. The van der Waals surface area contributed by atoms with Crippen molar-refractivity contribution in [3.8, 4) is 0 Å². The monoisotopic (exact) mass is 192 g/mol. The molecule has 14 heavy (non-hydrogen) atoms. The van der Waals surface area contributed by atoms with Gasteiger partial charge in [0.1, 0.15) is 0 Å². The largest absolute Gasteiger partial charge is 0.481 e. The van der Waals surface area contributed by atoms with Crippen LogP contribution in [0.5, 0.6) is 0 Å². The number of fused-ring (bicyclic) bond motifs is 1. The first-order valence-corrected chi connectivity index (χ1v) is 4.60. The molecule has 0 spiro atoms. The van der Waals surface area contributed by atoms with Crippen LogP contribution in [0.4, 0.5) is 0 Å². The Morgan fingerprint density at radius 3 is 2.86 bits per heavy atom. The Morgan fingerprint density at radius 2 is 2.14 bits per heavy atom. The molecule has 0 aromatic heterocycles. The molecule has 0 radical (unpaired) electrons. The van der Waals surface area contributed by atoms with Gasteiger partial charge in [-0.3, -0.25) is 4.79 Å². The molecule has 1 N–H and O–H groups in total. The molecule has 1 atom stereocenters. The van der Waals surface area contributed by atoms with E-state index >= 15 is 0 Å². The first-order chi connectivity index (χ1) is 6.68. The highest BCUT2D eigenvalue weighted by Gasteiger charge is 2.17. The molecule has 0 aliphatic carbocycles. The summed E-state index contributed by atoms with van der Waals surface area (Å²) >= 11 is 0. The van der Waals surface area contributed by atoms with Crippen LogP contribution >= 0.6 is 0 Å². The number of aliphatic carboxylic acids is 1. The second-order valence-electron chi connectivity index (χ2n) is 3.58. The van der Waals surface area contributed by atoms with Crippen LogP contribution in [0.1, 0.15) is 29.5 Å². The summed E-state index contributed by atoms with van der Waals surface area (Å²) in [6.07, 6.45) is 0. The number of hydrogen-bond donors (Lipinski definition) is 1. The smallest absolute Gasteiger partial charge is 0.310 e. The van der Waals surface area contributed by atoms with Gasteiger partial charge in [-0.05, 0) is 23.6 Å². The Labute approximate surface area is 82.3 Å².